The molecule has 0 spiro atoms. The molecule has 2 aliphatic rings. The molecule has 0 amide bonds. The van der Waals surface area contributed by atoms with Crippen LogP contribution in [0, 0.1) is 17.8 Å². The van der Waals surface area contributed by atoms with E-state index in [9.17, 15) is 0 Å². The van der Waals surface area contributed by atoms with Crippen molar-refractivity contribution in [2.75, 3.05) is 6.54 Å². The molecule has 0 bridgehead atoms. The average Bonchev–Trinajstić information content (AvgIpc) is 2.60. The first-order valence-corrected chi connectivity index (χ1v) is 5.13. The summed E-state index contributed by atoms with van der Waals surface area (Å²) in [6, 6.07) is 0. The summed E-state index contributed by atoms with van der Waals surface area (Å²) in [5.74, 6) is 3.01. The van der Waals surface area contributed by atoms with Gasteiger partial charge >= 0.3 is 0 Å². The van der Waals surface area contributed by atoms with Gasteiger partial charge in [-0.25, -0.2) is 0 Å². The highest BCUT2D eigenvalue weighted by Crippen LogP contribution is 2.52. The lowest BCUT2D eigenvalue weighted by Gasteiger charge is -2.05. The van der Waals surface area contributed by atoms with Crippen LogP contribution in [-0.2, 0) is 0 Å². The fraction of sp³-hybridized carbons (Fsp3) is 1.00. The molecule has 2 aliphatic carbocycles. The topological polar surface area (TPSA) is 26.0 Å². The Bertz CT molecular complexity index is 124. The molecule has 0 aromatic heterocycles. The zero-order valence-corrected chi connectivity index (χ0v) is 8.48. The van der Waals surface area contributed by atoms with Crippen LogP contribution in [0.4, 0.5) is 0 Å². The highest BCUT2D eigenvalue weighted by atomic mass is 35.5. The summed E-state index contributed by atoms with van der Waals surface area (Å²) >= 11 is 0. The molecule has 1 unspecified atom stereocenters. The number of hydrogen-bond acceptors (Lipinski definition) is 1. The second-order valence-electron chi connectivity index (χ2n) is 4.22. The van der Waals surface area contributed by atoms with Crippen LogP contribution in [0.3, 0.4) is 0 Å². The predicted molar refractivity (Wildman–Crippen MR) is 54.5 cm³/mol. The third-order valence-electron chi connectivity index (χ3n) is 3.61. The van der Waals surface area contributed by atoms with Crippen LogP contribution in [0.15, 0.2) is 0 Å². The first-order chi connectivity index (χ1) is 5.43. The van der Waals surface area contributed by atoms with E-state index >= 15 is 0 Å². The van der Waals surface area contributed by atoms with Crippen LogP contribution in [0.1, 0.15) is 38.5 Å². The fourth-order valence-electron chi connectivity index (χ4n) is 2.84. The van der Waals surface area contributed by atoms with Gasteiger partial charge in [-0.2, -0.15) is 0 Å². The second-order valence-corrected chi connectivity index (χ2v) is 4.22. The molecular formula is C10H20ClN. The van der Waals surface area contributed by atoms with E-state index in [1.54, 1.807) is 0 Å². The minimum atomic E-state index is 0. The minimum absolute atomic E-state index is 0. The Labute approximate surface area is 81.5 Å². The van der Waals surface area contributed by atoms with Gasteiger partial charge in [0.1, 0.15) is 0 Å². The monoisotopic (exact) mass is 189 g/mol. The molecular weight excluding hydrogens is 170 g/mol. The Morgan fingerprint density at radius 3 is 1.83 bits per heavy atom. The summed E-state index contributed by atoms with van der Waals surface area (Å²) in [4.78, 5) is 0. The molecule has 0 saturated heterocycles. The smallest absolute Gasteiger partial charge is 0.00434 e. The minimum Gasteiger partial charge on any atom is -0.330 e. The van der Waals surface area contributed by atoms with Crippen LogP contribution in [-0.4, -0.2) is 6.54 Å². The summed E-state index contributed by atoms with van der Waals surface area (Å²) in [5.41, 5.74) is 5.70. The molecule has 0 radical (unpaired) electrons. The maximum atomic E-state index is 5.70. The molecule has 72 valence electrons. The molecule has 0 aromatic rings. The van der Waals surface area contributed by atoms with E-state index in [0.717, 1.165) is 24.3 Å². The van der Waals surface area contributed by atoms with E-state index in [0.29, 0.717) is 0 Å². The normalized spacial score (nSPS) is 40.2. The molecule has 0 aliphatic heterocycles. The zero-order chi connectivity index (χ0) is 7.68. The van der Waals surface area contributed by atoms with Gasteiger partial charge in [0.05, 0.1) is 0 Å². The second kappa shape index (κ2) is 4.48. The van der Waals surface area contributed by atoms with Gasteiger partial charge < -0.3 is 5.73 Å². The molecule has 3 atom stereocenters. The van der Waals surface area contributed by atoms with Crippen molar-refractivity contribution >= 4 is 12.4 Å². The Balaban J connectivity index is 0.000000720. The van der Waals surface area contributed by atoms with Crippen molar-refractivity contribution in [1.82, 2.24) is 0 Å². The van der Waals surface area contributed by atoms with E-state index in [-0.39, 0.29) is 12.4 Å². The van der Waals surface area contributed by atoms with Gasteiger partial charge in [-0.05, 0) is 37.1 Å². The van der Waals surface area contributed by atoms with Crippen molar-refractivity contribution in [3.8, 4) is 0 Å². The number of halogens is 1. The summed E-state index contributed by atoms with van der Waals surface area (Å²) in [7, 11) is 0. The molecule has 2 rings (SSSR count). The molecule has 2 heteroatoms. The maximum absolute atomic E-state index is 5.70. The lowest BCUT2D eigenvalue weighted by molar-refractivity contribution is 0.485. The summed E-state index contributed by atoms with van der Waals surface area (Å²) in [6.07, 6.45) is 8.84. The predicted octanol–water partition coefficient (Wildman–Crippen LogP) is 2.58. The van der Waals surface area contributed by atoms with E-state index < -0.39 is 0 Å². The number of rotatable bonds is 1. The van der Waals surface area contributed by atoms with Gasteiger partial charge in [-0.3, -0.25) is 0 Å². The lowest BCUT2D eigenvalue weighted by Crippen LogP contribution is -2.03. The number of hydrogen-bond donors (Lipinski definition) is 1. The van der Waals surface area contributed by atoms with Crippen LogP contribution >= 0.6 is 12.4 Å². The fourth-order valence-corrected chi connectivity index (χ4v) is 2.84. The quantitative estimate of drug-likeness (QED) is 0.675. The molecule has 0 aromatic carbocycles. The van der Waals surface area contributed by atoms with Crippen molar-refractivity contribution in [3.05, 3.63) is 0 Å². The van der Waals surface area contributed by atoms with Crippen LogP contribution in [0.2, 0.25) is 0 Å². The molecule has 12 heavy (non-hydrogen) atoms. The van der Waals surface area contributed by atoms with Crippen molar-refractivity contribution in [3.63, 3.8) is 0 Å². The number of fused-ring (bicyclic) bond motifs is 1. The zero-order valence-electron chi connectivity index (χ0n) is 7.67. The SMILES string of the molecule is Cl.NCC1[C@H]2CCCCCC[C@@H]12. The van der Waals surface area contributed by atoms with Gasteiger partial charge in [0.2, 0.25) is 0 Å². The van der Waals surface area contributed by atoms with Crippen molar-refractivity contribution in [2.24, 2.45) is 23.5 Å². The van der Waals surface area contributed by atoms with E-state index in [4.69, 9.17) is 5.73 Å². The van der Waals surface area contributed by atoms with Gasteiger partial charge in [-0.1, -0.05) is 25.7 Å². The van der Waals surface area contributed by atoms with Crippen molar-refractivity contribution in [2.45, 2.75) is 38.5 Å². The molecule has 2 saturated carbocycles. The first-order valence-electron chi connectivity index (χ1n) is 5.13. The van der Waals surface area contributed by atoms with E-state index in [1.807, 2.05) is 0 Å². The maximum Gasteiger partial charge on any atom is -0.00434 e. The third kappa shape index (κ3) is 1.94. The Hall–Kier alpha value is 0.250. The number of nitrogens with two attached hydrogens (primary N) is 1. The summed E-state index contributed by atoms with van der Waals surface area (Å²) < 4.78 is 0. The summed E-state index contributed by atoms with van der Waals surface area (Å²) in [5, 5.41) is 0. The van der Waals surface area contributed by atoms with Crippen LogP contribution < -0.4 is 5.73 Å². The highest BCUT2D eigenvalue weighted by molar-refractivity contribution is 5.85. The van der Waals surface area contributed by atoms with E-state index in [1.165, 1.54) is 38.5 Å². The Morgan fingerprint density at radius 2 is 1.42 bits per heavy atom. The van der Waals surface area contributed by atoms with Crippen LogP contribution in [0.5, 0.6) is 0 Å². The Kier molecular flexibility index (Phi) is 3.85. The van der Waals surface area contributed by atoms with Gasteiger partial charge in [0.25, 0.3) is 0 Å². The third-order valence-corrected chi connectivity index (χ3v) is 3.61. The van der Waals surface area contributed by atoms with E-state index in [2.05, 4.69) is 0 Å². The molecule has 2 N–H and O–H groups in total. The van der Waals surface area contributed by atoms with Crippen molar-refractivity contribution in [1.29, 1.82) is 0 Å². The molecule has 1 nitrogen and oxygen atoms in total. The largest absolute Gasteiger partial charge is 0.330 e. The highest BCUT2D eigenvalue weighted by Gasteiger charge is 2.47. The molecule has 0 heterocycles. The standard InChI is InChI=1S/C10H19N.ClH/c11-7-10-8-5-3-1-2-4-6-9(8)10;/h8-10H,1-7,11H2;1H/t8-,9+,10?;. The van der Waals surface area contributed by atoms with Gasteiger partial charge in [0, 0.05) is 0 Å². The van der Waals surface area contributed by atoms with Crippen LogP contribution in [0.25, 0.3) is 0 Å². The summed E-state index contributed by atoms with van der Waals surface area (Å²) in [6.45, 7) is 0.954. The van der Waals surface area contributed by atoms with Gasteiger partial charge in [-0.15, -0.1) is 12.4 Å². The first kappa shape index (κ1) is 10.3. The Morgan fingerprint density at radius 1 is 0.917 bits per heavy atom. The average molecular weight is 190 g/mol. The molecule has 2 fully saturated rings. The van der Waals surface area contributed by atoms with Crippen molar-refractivity contribution < 1.29 is 0 Å². The van der Waals surface area contributed by atoms with Gasteiger partial charge in [0.15, 0.2) is 0 Å². The lowest BCUT2D eigenvalue weighted by atomic mass is 10.0.